The van der Waals surface area contributed by atoms with E-state index in [2.05, 4.69) is 0 Å². The Morgan fingerprint density at radius 2 is 0.978 bits per heavy atom. The van der Waals surface area contributed by atoms with Crippen LogP contribution < -0.4 is 0 Å². The molecule has 2 heteroatoms. The number of benzene rings is 8. The molecule has 0 saturated carbocycles. The third kappa shape index (κ3) is 4.00. The zero-order valence-electron chi connectivity index (χ0n) is 38.4. The molecule has 0 N–H and O–H groups in total. The van der Waals surface area contributed by atoms with Crippen LogP contribution in [0.3, 0.4) is 0 Å². The molecule has 0 fully saturated rings. The van der Waals surface area contributed by atoms with Crippen LogP contribution in [0.2, 0.25) is 0 Å². The largest absolute Gasteiger partial charge is 0.292 e. The van der Waals surface area contributed by atoms with E-state index in [9.17, 15) is 6.85 Å². The predicted molar refractivity (Wildman–Crippen MR) is 190 cm³/mol. The second-order valence-electron chi connectivity index (χ2n) is 10.4. The fourth-order valence-corrected chi connectivity index (χ4v) is 6.09. The van der Waals surface area contributed by atoms with Gasteiger partial charge in [-0.05, 0) is 78.8 Å². The van der Waals surface area contributed by atoms with Crippen LogP contribution >= 0.6 is 0 Å². The zero-order valence-corrected chi connectivity index (χ0v) is 23.4. The van der Waals surface area contributed by atoms with Crippen LogP contribution in [-0.4, -0.2) is 9.55 Å². The van der Waals surface area contributed by atoms with Crippen LogP contribution in [0, 0.1) is 0 Å². The monoisotopic (exact) mass is 587 g/mol. The molecule has 9 aromatic rings. The van der Waals surface area contributed by atoms with Crippen LogP contribution in [0.1, 0.15) is 20.6 Å². The smallest absolute Gasteiger partial charge is 0.146 e. The lowest BCUT2D eigenvalue weighted by Gasteiger charge is -2.20. The molecule has 0 aliphatic heterocycles. The van der Waals surface area contributed by atoms with Crippen LogP contribution in [0.15, 0.2) is 169 Å². The molecule has 0 aliphatic carbocycles. The Balaban J connectivity index is 1.60. The number of hydrogen-bond donors (Lipinski definition) is 0. The lowest BCUT2D eigenvalue weighted by atomic mass is 9.83. The Bertz CT molecular complexity index is 3290. The second kappa shape index (κ2) is 10.3. The summed E-state index contributed by atoms with van der Waals surface area (Å²) in [6.07, 6.45) is 0. The predicted octanol–water partition coefficient (Wildman–Crippen LogP) is 11.5. The van der Waals surface area contributed by atoms with Crippen molar-refractivity contribution in [2.75, 3.05) is 0 Å². The van der Waals surface area contributed by atoms with Gasteiger partial charge in [0.05, 0.1) is 31.6 Å². The molecule has 0 bridgehead atoms. The third-order valence-corrected chi connectivity index (χ3v) is 7.95. The van der Waals surface area contributed by atoms with E-state index >= 15 is 0 Å². The molecule has 210 valence electrons. The standard InChI is InChI=1S/C43H28N2/c1-2-17-30(18-3-1)45-40-28-13-12-27-39(40)44-43(45)38-25-11-10-24-37(38)42-35-22-8-6-20-33(35)41(34-21-7-9-23-36(34)42)32-26-14-16-29-15-4-5-19-31(29)32/h1-28H/i4D,5D,6D,7D,8D,9D,14D,15D,16D,19D,20D,21D,22D,23D,26D. The number of rotatable bonds is 4. The number of hydrogen-bond acceptors (Lipinski definition) is 1. The molecule has 0 spiro atoms. The molecular weight excluding hydrogens is 544 g/mol. The summed E-state index contributed by atoms with van der Waals surface area (Å²) in [4.78, 5) is 5.04. The topological polar surface area (TPSA) is 17.8 Å². The molecule has 0 unspecified atom stereocenters. The Morgan fingerprint density at radius 3 is 1.69 bits per heavy atom. The second-order valence-corrected chi connectivity index (χ2v) is 10.4. The van der Waals surface area contributed by atoms with E-state index in [0.29, 0.717) is 16.9 Å². The SMILES string of the molecule is [2H]c1c([2H])c([2H])c2c(-c3c4c([2H])c([2H])c([2H])c([2H])c4c(-c4ccccc4-c4nc5ccccc5n4-c4ccccc4)c4c([2H])c([2H])c([2H])c([2H])c34)c([2H])c([2H])c([2H])c2c1[2H]. The first-order chi connectivity index (χ1) is 28.6. The lowest BCUT2D eigenvalue weighted by Crippen LogP contribution is -1.99. The minimum Gasteiger partial charge on any atom is -0.292 e. The van der Waals surface area contributed by atoms with Crippen molar-refractivity contribution in [3.8, 4) is 39.3 Å². The summed E-state index contributed by atoms with van der Waals surface area (Å²) in [6.45, 7) is 0. The molecule has 0 aliphatic rings. The van der Waals surface area contributed by atoms with Gasteiger partial charge >= 0.3 is 0 Å². The molecule has 45 heavy (non-hydrogen) atoms. The van der Waals surface area contributed by atoms with Gasteiger partial charge in [0.15, 0.2) is 0 Å². The van der Waals surface area contributed by atoms with Crippen molar-refractivity contribution in [1.29, 1.82) is 0 Å². The Hall–Kier alpha value is -5.99. The average molecular weight is 588 g/mol. The van der Waals surface area contributed by atoms with E-state index in [4.69, 9.17) is 18.7 Å². The number of fused-ring (bicyclic) bond motifs is 4. The van der Waals surface area contributed by atoms with Crippen LogP contribution in [0.4, 0.5) is 0 Å². The van der Waals surface area contributed by atoms with Gasteiger partial charge in [-0.25, -0.2) is 4.98 Å². The first-order valence-corrected chi connectivity index (χ1v) is 14.2. The Morgan fingerprint density at radius 1 is 0.444 bits per heavy atom. The molecule has 0 saturated heterocycles. The summed E-state index contributed by atoms with van der Waals surface area (Å²) in [7, 11) is 0. The quantitative estimate of drug-likeness (QED) is 0.187. The highest BCUT2D eigenvalue weighted by Crippen LogP contribution is 2.47. The van der Waals surface area contributed by atoms with Crippen LogP contribution in [0.5, 0.6) is 0 Å². The normalized spacial score (nSPS) is 16.2. The summed E-state index contributed by atoms with van der Waals surface area (Å²) in [6, 6.07) is 13.3. The fourth-order valence-electron chi connectivity index (χ4n) is 6.09. The van der Waals surface area contributed by atoms with Gasteiger partial charge in [0.2, 0.25) is 0 Å². The average Bonchev–Trinajstić information content (AvgIpc) is 3.65. The maximum atomic E-state index is 9.50. The highest BCUT2D eigenvalue weighted by molar-refractivity contribution is 6.24. The third-order valence-electron chi connectivity index (χ3n) is 7.95. The van der Waals surface area contributed by atoms with Gasteiger partial charge < -0.3 is 0 Å². The number of para-hydroxylation sites is 3. The number of aromatic nitrogens is 2. The molecule has 0 amide bonds. The summed E-state index contributed by atoms with van der Waals surface area (Å²) in [5, 5.41) is -1.91. The first kappa shape index (κ1) is 14.7. The minimum atomic E-state index is -0.764. The fraction of sp³-hybridized carbons (Fsp3) is 0. The number of imidazole rings is 1. The van der Waals surface area contributed by atoms with E-state index in [1.54, 1.807) is 24.3 Å². The van der Waals surface area contributed by atoms with Gasteiger partial charge in [0, 0.05) is 11.3 Å². The van der Waals surface area contributed by atoms with E-state index < -0.39 is 107 Å². The van der Waals surface area contributed by atoms with Crippen molar-refractivity contribution >= 4 is 43.4 Å². The highest BCUT2D eigenvalue weighted by atomic mass is 15.1. The molecule has 9 rings (SSSR count). The van der Waals surface area contributed by atoms with Crippen molar-refractivity contribution in [2.45, 2.75) is 0 Å². The lowest BCUT2D eigenvalue weighted by molar-refractivity contribution is 1.10. The summed E-state index contributed by atoms with van der Waals surface area (Å²) < 4.78 is 137. The maximum Gasteiger partial charge on any atom is 0.146 e. The first-order valence-electron chi connectivity index (χ1n) is 21.7. The van der Waals surface area contributed by atoms with Crippen LogP contribution in [0.25, 0.3) is 82.7 Å². The summed E-state index contributed by atoms with van der Waals surface area (Å²) in [5.74, 6) is 0.408. The van der Waals surface area contributed by atoms with Crippen molar-refractivity contribution in [1.82, 2.24) is 9.55 Å². The highest BCUT2D eigenvalue weighted by Gasteiger charge is 2.22. The van der Waals surface area contributed by atoms with Gasteiger partial charge in [0.25, 0.3) is 0 Å². The minimum absolute atomic E-state index is 0.00837. The molecule has 0 radical (unpaired) electrons. The van der Waals surface area contributed by atoms with Crippen molar-refractivity contribution in [3.05, 3.63) is 169 Å². The van der Waals surface area contributed by atoms with Crippen molar-refractivity contribution in [2.24, 2.45) is 0 Å². The van der Waals surface area contributed by atoms with Gasteiger partial charge in [-0.15, -0.1) is 0 Å². The zero-order chi connectivity index (χ0) is 42.8. The Kier molecular flexibility index (Phi) is 3.36. The van der Waals surface area contributed by atoms with E-state index in [1.807, 2.05) is 59.2 Å². The molecule has 1 heterocycles. The molecule has 1 aromatic heterocycles. The van der Waals surface area contributed by atoms with Crippen molar-refractivity contribution in [3.63, 3.8) is 0 Å². The van der Waals surface area contributed by atoms with Gasteiger partial charge in [-0.3, -0.25) is 4.57 Å². The summed E-state index contributed by atoms with van der Waals surface area (Å²) in [5.41, 5.74) is 2.00. The molecule has 8 aromatic carbocycles. The molecule has 0 atom stereocenters. The summed E-state index contributed by atoms with van der Waals surface area (Å²) >= 11 is 0. The van der Waals surface area contributed by atoms with Crippen molar-refractivity contribution < 1.29 is 20.6 Å². The van der Waals surface area contributed by atoms with Gasteiger partial charge in [-0.2, -0.15) is 0 Å². The molecular formula is C43H28N2. The van der Waals surface area contributed by atoms with E-state index in [-0.39, 0.29) is 38.2 Å². The van der Waals surface area contributed by atoms with E-state index in [0.717, 1.165) is 11.2 Å². The maximum absolute atomic E-state index is 9.50. The van der Waals surface area contributed by atoms with Gasteiger partial charge in [0.1, 0.15) is 5.82 Å². The van der Waals surface area contributed by atoms with Gasteiger partial charge in [-0.1, -0.05) is 145 Å². The van der Waals surface area contributed by atoms with E-state index in [1.165, 1.54) is 0 Å². The Labute approximate surface area is 282 Å². The van der Waals surface area contributed by atoms with Crippen LogP contribution in [-0.2, 0) is 0 Å². The molecule has 2 nitrogen and oxygen atoms in total. The number of nitrogens with zero attached hydrogens (tertiary/aromatic N) is 2.